The minimum atomic E-state index is -1.03. The topological polar surface area (TPSA) is 66.4 Å². The Morgan fingerprint density at radius 1 is 1.24 bits per heavy atom. The summed E-state index contributed by atoms with van der Waals surface area (Å²) in [6.07, 6.45) is 0.857. The summed E-state index contributed by atoms with van der Waals surface area (Å²) in [5.41, 5.74) is -0.169. The fourth-order valence-electron chi connectivity index (χ4n) is 2.70. The second-order valence-corrected chi connectivity index (χ2v) is 6.22. The Labute approximate surface area is 128 Å². The molecule has 2 rings (SSSR count). The summed E-state index contributed by atoms with van der Waals surface area (Å²) in [5.74, 6) is -4.62. The molecule has 4 nitrogen and oxygen atoms in total. The minimum absolute atomic E-state index is 0.0220. The van der Waals surface area contributed by atoms with Crippen LogP contribution in [-0.2, 0) is 9.59 Å². The number of carboxylic acid groups (broad SMARTS) is 1. The molecular weight excluding hydrogens is 348 g/mol. The molecule has 0 spiro atoms. The second kappa shape index (κ2) is 6.09. The number of hydrogen-bond donors (Lipinski definition) is 2. The zero-order chi connectivity index (χ0) is 15.7. The van der Waals surface area contributed by atoms with Crippen LogP contribution in [0.15, 0.2) is 16.6 Å². The highest BCUT2D eigenvalue weighted by Gasteiger charge is 2.41. The van der Waals surface area contributed by atoms with E-state index in [1.807, 2.05) is 6.92 Å². The molecule has 0 heterocycles. The standard InChI is InChI=1S/C14H14BrF2NO3/c1-6-2-7(8(3-6)14(20)21)13(19)18-12-4-9(15)10(16)5-11(12)17/h4-8H,2-3H2,1H3,(H,18,19)(H,20,21). The summed E-state index contributed by atoms with van der Waals surface area (Å²) in [5, 5.41) is 11.5. The maximum Gasteiger partial charge on any atom is 0.307 e. The summed E-state index contributed by atoms with van der Waals surface area (Å²) in [6, 6.07) is 1.78. The number of carboxylic acids is 1. The van der Waals surface area contributed by atoms with Gasteiger partial charge in [0.15, 0.2) is 0 Å². The third-order valence-corrected chi connectivity index (χ3v) is 4.33. The van der Waals surface area contributed by atoms with Crippen molar-refractivity contribution >= 4 is 33.5 Å². The van der Waals surface area contributed by atoms with Crippen molar-refractivity contribution in [2.75, 3.05) is 5.32 Å². The molecule has 1 amide bonds. The Balaban J connectivity index is 2.18. The van der Waals surface area contributed by atoms with Gasteiger partial charge < -0.3 is 10.4 Å². The number of halogens is 3. The van der Waals surface area contributed by atoms with Crippen molar-refractivity contribution in [2.24, 2.45) is 17.8 Å². The van der Waals surface area contributed by atoms with Crippen LogP contribution in [0.3, 0.4) is 0 Å². The van der Waals surface area contributed by atoms with Gasteiger partial charge in [-0.3, -0.25) is 9.59 Å². The molecule has 1 aliphatic carbocycles. The van der Waals surface area contributed by atoms with Gasteiger partial charge in [-0.25, -0.2) is 8.78 Å². The first-order chi connectivity index (χ1) is 9.79. The maximum atomic E-state index is 13.6. The van der Waals surface area contributed by atoms with Gasteiger partial charge in [-0.1, -0.05) is 6.92 Å². The third-order valence-electron chi connectivity index (χ3n) is 3.72. The van der Waals surface area contributed by atoms with E-state index in [9.17, 15) is 18.4 Å². The van der Waals surface area contributed by atoms with Crippen LogP contribution in [0.1, 0.15) is 19.8 Å². The van der Waals surface area contributed by atoms with E-state index in [1.165, 1.54) is 0 Å². The third kappa shape index (κ3) is 3.40. The Morgan fingerprint density at radius 3 is 2.48 bits per heavy atom. The lowest BCUT2D eigenvalue weighted by molar-refractivity contribution is -0.145. The maximum absolute atomic E-state index is 13.6. The van der Waals surface area contributed by atoms with E-state index in [0.717, 1.165) is 6.07 Å². The Hall–Kier alpha value is -1.50. The molecule has 1 aromatic rings. The van der Waals surface area contributed by atoms with Gasteiger partial charge in [-0.05, 0) is 40.8 Å². The number of benzene rings is 1. The van der Waals surface area contributed by atoms with Crippen molar-refractivity contribution in [3.05, 3.63) is 28.2 Å². The summed E-state index contributed by atoms with van der Waals surface area (Å²) < 4.78 is 26.8. The number of hydrogen-bond acceptors (Lipinski definition) is 2. The van der Waals surface area contributed by atoms with Crippen LogP contribution < -0.4 is 5.32 Å². The molecule has 21 heavy (non-hydrogen) atoms. The van der Waals surface area contributed by atoms with E-state index >= 15 is 0 Å². The first kappa shape index (κ1) is 15.9. The summed E-state index contributed by atoms with van der Waals surface area (Å²) >= 11 is 2.91. The van der Waals surface area contributed by atoms with Crippen LogP contribution in [0.25, 0.3) is 0 Å². The normalized spacial score (nSPS) is 24.9. The van der Waals surface area contributed by atoms with Crippen LogP contribution in [0.5, 0.6) is 0 Å². The highest BCUT2D eigenvalue weighted by molar-refractivity contribution is 9.10. The molecular formula is C14H14BrF2NO3. The van der Waals surface area contributed by atoms with E-state index in [2.05, 4.69) is 21.2 Å². The molecule has 7 heteroatoms. The van der Waals surface area contributed by atoms with Crippen LogP contribution >= 0.6 is 15.9 Å². The summed E-state index contributed by atoms with van der Waals surface area (Å²) in [6.45, 7) is 1.87. The van der Waals surface area contributed by atoms with Gasteiger partial charge in [0.1, 0.15) is 11.6 Å². The number of nitrogens with one attached hydrogen (secondary N) is 1. The van der Waals surface area contributed by atoms with Gasteiger partial charge >= 0.3 is 5.97 Å². The van der Waals surface area contributed by atoms with Gasteiger partial charge in [0.05, 0.1) is 22.0 Å². The molecule has 0 aromatic heterocycles. The molecule has 0 bridgehead atoms. The van der Waals surface area contributed by atoms with Crippen LogP contribution in [-0.4, -0.2) is 17.0 Å². The zero-order valence-electron chi connectivity index (χ0n) is 11.2. The minimum Gasteiger partial charge on any atom is -0.481 e. The highest BCUT2D eigenvalue weighted by atomic mass is 79.9. The lowest BCUT2D eigenvalue weighted by atomic mass is 9.95. The quantitative estimate of drug-likeness (QED) is 0.810. The van der Waals surface area contributed by atoms with E-state index in [4.69, 9.17) is 5.11 Å². The monoisotopic (exact) mass is 361 g/mol. The van der Waals surface area contributed by atoms with E-state index in [1.54, 1.807) is 0 Å². The molecule has 1 saturated carbocycles. The highest BCUT2D eigenvalue weighted by Crippen LogP contribution is 2.37. The number of amides is 1. The molecule has 0 radical (unpaired) electrons. The van der Waals surface area contributed by atoms with Crippen molar-refractivity contribution < 1.29 is 23.5 Å². The van der Waals surface area contributed by atoms with E-state index in [-0.39, 0.29) is 16.1 Å². The zero-order valence-corrected chi connectivity index (χ0v) is 12.8. The van der Waals surface area contributed by atoms with Gasteiger partial charge in [0.2, 0.25) is 5.91 Å². The fraction of sp³-hybridized carbons (Fsp3) is 0.429. The van der Waals surface area contributed by atoms with Crippen LogP contribution in [0.2, 0.25) is 0 Å². The smallest absolute Gasteiger partial charge is 0.307 e. The average molecular weight is 362 g/mol. The van der Waals surface area contributed by atoms with Gasteiger partial charge in [-0.15, -0.1) is 0 Å². The first-order valence-corrected chi connectivity index (χ1v) is 7.27. The van der Waals surface area contributed by atoms with Crippen molar-refractivity contribution in [3.63, 3.8) is 0 Å². The molecule has 114 valence electrons. The van der Waals surface area contributed by atoms with Crippen molar-refractivity contribution in [2.45, 2.75) is 19.8 Å². The molecule has 0 aliphatic heterocycles. The SMILES string of the molecule is CC1CC(C(=O)O)C(C(=O)Nc2cc(Br)c(F)cc2F)C1. The summed E-state index contributed by atoms with van der Waals surface area (Å²) in [7, 11) is 0. The Morgan fingerprint density at radius 2 is 1.86 bits per heavy atom. The number of aliphatic carboxylic acids is 1. The average Bonchev–Trinajstić information content (AvgIpc) is 2.78. The largest absolute Gasteiger partial charge is 0.481 e. The molecule has 1 aliphatic rings. The molecule has 3 unspecified atom stereocenters. The van der Waals surface area contributed by atoms with Crippen molar-refractivity contribution in [1.29, 1.82) is 0 Å². The van der Waals surface area contributed by atoms with Crippen molar-refractivity contribution in [1.82, 2.24) is 0 Å². The van der Waals surface area contributed by atoms with Crippen molar-refractivity contribution in [3.8, 4) is 0 Å². The van der Waals surface area contributed by atoms with Gasteiger partial charge in [0.25, 0.3) is 0 Å². The number of carbonyl (C=O) groups excluding carboxylic acids is 1. The van der Waals surface area contributed by atoms with Gasteiger partial charge in [-0.2, -0.15) is 0 Å². The molecule has 2 N–H and O–H groups in total. The molecule has 3 atom stereocenters. The first-order valence-electron chi connectivity index (χ1n) is 6.47. The predicted octanol–water partition coefficient (Wildman–Crippen LogP) is 3.41. The molecule has 0 saturated heterocycles. The van der Waals surface area contributed by atoms with Crippen LogP contribution in [0.4, 0.5) is 14.5 Å². The Bertz CT molecular complexity index is 594. The lowest BCUT2D eigenvalue weighted by Crippen LogP contribution is -2.30. The van der Waals surface area contributed by atoms with Crippen LogP contribution in [0, 0.1) is 29.4 Å². The Kier molecular flexibility index (Phi) is 4.61. The number of rotatable bonds is 3. The second-order valence-electron chi connectivity index (χ2n) is 5.36. The number of carbonyl (C=O) groups is 2. The van der Waals surface area contributed by atoms with Gasteiger partial charge in [0, 0.05) is 6.07 Å². The molecule has 1 fully saturated rings. The lowest BCUT2D eigenvalue weighted by Gasteiger charge is -2.16. The van der Waals surface area contributed by atoms with E-state index in [0.29, 0.717) is 18.9 Å². The van der Waals surface area contributed by atoms with E-state index < -0.39 is 35.3 Å². The molecule has 1 aromatic carbocycles. The fourth-order valence-corrected chi connectivity index (χ4v) is 3.04. The number of anilines is 1. The predicted molar refractivity (Wildman–Crippen MR) is 75.7 cm³/mol. The summed E-state index contributed by atoms with van der Waals surface area (Å²) in [4.78, 5) is 23.3.